The minimum Gasteiger partial charge on any atom is -0.507 e. The van der Waals surface area contributed by atoms with Gasteiger partial charge in [0.1, 0.15) is 5.75 Å². The van der Waals surface area contributed by atoms with Gasteiger partial charge in [-0.05, 0) is 36.8 Å². The highest BCUT2D eigenvalue weighted by molar-refractivity contribution is 5.87. The Morgan fingerprint density at radius 1 is 1.15 bits per heavy atom. The topological polar surface area (TPSA) is 81.2 Å². The molecular weight excluding hydrogens is 254 g/mol. The number of rotatable bonds is 2. The lowest BCUT2D eigenvalue weighted by Crippen LogP contribution is -1.99. The van der Waals surface area contributed by atoms with Crippen molar-refractivity contribution < 1.29 is 5.11 Å². The number of aromatic nitrogens is 2. The zero-order valence-corrected chi connectivity index (χ0v) is 10.8. The molecular formula is C15H13N3O2. The van der Waals surface area contributed by atoms with Crippen LogP contribution < -0.4 is 5.69 Å². The lowest BCUT2D eigenvalue weighted by Gasteiger charge is -2.01. The Hall–Kier alpha value is -2.82. The molecule has 0 aliphatic rings. The third-order valence-electron chi connectivity index (χ3n) is 3.12. The third-order valence-corrected chi connectivity index (χ3v) is 3.12. The predicted octanol–water partition coefficient (Wildman–Crippen LogP) is 2.62. The van der Waals surface area contributed by atoms with E-state index in [0.717, 1.165) is 11.1 Å². The minimum absolute atomic E-state index is 0.229. The van der Waals surface area contributed by atoms with Crippen molar-refractivity contribution in [1.82, 2.24) is 9.97 Å². The smallest absolute Gasteiger partial charge is 0.323 e. The van der Waals surface area contributed by atoms with Gasteiger partial charge in [0.05, 0.1) is 16.7 Å². The zero-order valence-electron chi connectivity index (χ0n) is 10.8. The average Bonchev–Trinajstić information content (AvgIpc) is 2.79. The van der Waals surface area contributed by atoms with Crippen LogP contribution in [0.15, 0.2) is 46.2 Å². The molecule has 100 valence electrons. The highest BCUT2D eigenvalue weighted by Gasteiger charge is 2.01. The lowest BCUT2D eigenvalue weighted by molar-refractivity contribution is 0.470. The molecule has 1 heterocycles. The SMILES string of the molecule is Cc1cccc(C=Nc2ccc3[nH]c(=O)[nH]c3c2)c1O. The van der Waals surface area contributed by atoms with Gasteiger partial charge in [0.2, 0.25) is 0 Å². The van der Waals surface area contributed by atoms with Crippen molar-refractivity contribution in [3.05, 3.63) is 58.0 Å². The van der Waals surface area contributed by atoms with E-state index in [1.54, 1.807) is 30.5 Å². The maximum Gasteiger partial charge on any atom is 0.323 e. The molecule has 0 spiro atoms. The van der Waals surface area contributed by atoms with Gasteiger partial charge < -0.3 is 15.1 Å². The summed E-state index contributed by atoms with van der Waals surface area (Å²) in [6.45, 7) is 1.84. The van der Waals surface area contributed by atoms with Crippen molar-refractivity contribution in [2.75, 3.05) is 0 Å². The third kappa shape index (κ3) is 2.21. The first kappa shape index (κ1) is 12.2. The maximum atomic E-state index is 11.2. The summed E-state index contributed by atoms with van der Waals surface area (Å²) < 4.78 is 0. The van der Waals surface area contributed by atoms with Gasteiger partial charge in [-0.25, -0.2) is 4.79 Å². The number of aromatic hydroxyl groups is 1. The Morgan fingerprint density at radius 2 is 1.95 bits per heavy atom. The number of nitrogens with zero attached hydrogens (tertiary/aromatic N) is 1. The number of H-pyrrole nitrogens is 2. The molecule has 0 fully saturated rings. The fraction of sp³-hybridized carbons (Fsp3) is 0.0667. The molecule has 0 saturated heterocycles. The van der Waals surface area contributed by atoms with Crippen LogP contribution in [0.25, 0.3) is 11.0 Å². The summed E-state index contributed by atoms with van der Waals surface area (Å²) in [5, 5.41) is 9.91. The van der Waals surface area contributed by atoms with E-state index in [1.807, 2.05) is 19.1 Å². The molecule has 3 aromatic rings. The van der Waals surface area contributed by atoms with Gasteiger partial charge in [-0.2, -0.15) is 0 Å². The molecule has 0 saturated carbocycles. The number of fused-ring (bicyclic) bond motifs is 1. The second kappa shape index (κ2) is 4.70. The monoisotopic (exact) mass is 267 g/mol. The van der Waals surface area contributed by atoms with Gasteiger partial charge in [0, 0.05) is 11.8 Å². The molecule has 20 heavy (non-hydrogen) atoms. The highest BCUT2D eigenvalue weighted by atomic mass is 16.3. The number of aromatic amines is 2. The van der Waals surface area contributed by atoms with Crippen LogP contribution in [0, 0.1) is 6.92 Å². The van der Waals surface area contributed by atoms with Crippen LogP contribution in [-0.4, -0.2) is 21.3 Å². The van der Waals surface area contributed by atoms with E-state index >= 15 is 0 Å². The van der Waals surface area contributed by atoms with Gasteiger partial charge in [0.25, 0.3) is 0 Å². The van der Waals surface area contributed by atoms with Crippen molar-refractivity contribution >= 4 is 22.9 Å². The predicted molar refractivity (Wildman–Crippen MR) is 79.0 cm³/mol. The second-order valence-corrected chi connectivity index (χ2v) is 4.58. The van der Waals surface area contributed by atoms with Gasteiger partial charge in [-0.15, -0.1) is 0 Å². The van der Waals surface area contributed by atoms with Gasteiger partial charge in [-0.1, -0.05) is 12.1 Å². The van der Waals surface area contributed by atoms with Crippen LogP contribution in [0.3, 0.4) is 0 Å². The van der Waals surface area contributed by atoms with Gasteiger partial charge in [-0.3, -0.25) is 4.99 Å². The largest absolute Gasteiger partial charge is 0.507 e. The second-order valence-electron chi connectivity index (χ2n) is 4.58. The normalized spacial score (nSPS) is 11.4. The molecule has 1 aromatic heterocycles. The Kier molecular flexibility index (Phi) is 2.87. The molecule has 0 atom stereocenters. The Balaban J connectivity index is 1.97. The van der Waals surface area contributed by atoms with Crippen LogP contribution in [0.2, 0.25) is 0 Å². The first-order valence-electron chi connectivity index (χ1n) is 6.18. The van der Waals surface area contributed by atoms with Crippen LogP contribution in [0.5, 0.6) is 5.75 Å². The van der Waals surface area contributed by atoms with Crippen molar-refractivity contribution in [3.63, 3.8) is 0 Å². The van der Waals surface area contributed by atoms with Crippen molar-refractivity contribution in [1.29, 1.82) is 0 Å². The van der Waals surface area contributed by atoms with Crippen molar-refractivity contribution in [2.24, 2.45) is 4.99 Å². The molecule has 0 amide bonds. The van der Waals surface area contributed by atoms with Crippen LogP contribution in [0.4, 0.5) is 5.69 Å². The summed E-state index contributed by atoms with van der Waals surface area (Å²) in [4.78, 5) is 20.9. The van der Waals surface area contributed by atoms with E-state index < -0.39 is 0 Å². The lowest BCUT2D eigenvalue weighted by atomic mass is 10.1. The number of imidazole rings is 1. The molecule has 3 rings (SSSR count). The number of aryl methyl sites for hydroxylation is 1. The Labute approximate surface area is 114 Å². The summed E-state index contributed by atoms with van der Waals surface area (Å²) in [6.07, 6.45) is 1.61. The number of phenols is 1. The number of benzene rings is 2. The molecule has 5 heteroatoms. The first-order chi connectivity index (χ1) is 9.63. The minimum atomic E-state index is -0.238. The summed E-state index contributed by atoms with van der Waals surface area (Å²) in [6, 6.07) is 10.9. The van der Waals surface area contributed by atoms with E-state index in [0.29, 0.717) is 16.8 Å². The summed E-state index contributed by atoms with van der Waals surface area (Å²) in [7, 11) is 0. The fourth-order valence-electron chi connectivity index (χ4n) is 2.03. The highest BCUT2D eigenvalue weighted by Crippen LogP contribution is 2.21. The van der Waals surface area contributed by atoms with E-state index in [9.17, 15) is 9.90 Å². The Morgan fingerprint density at radius 3 is 2.80 bits per heavy atom. The summed E-state index contributed by atoms with van der Waals surface area (Å²) >= 11 is 0. The molecule has 0 radical (unpaired) electrons. The molecule has 0 aliphatic carbocycles. The zero-order chi connectivity index (χ0) is 14.1. The number of aliphatic imine (C=N–C) groups is 1. The van der Waals surface area contributed by atoms with Crippen LogP contribution in [-0.2, 0) is 0 Å². The van der Waals surface area contributed by atoms with Gasteiger partial charge >= 0.3 is 5.69 Å². The van der Waals surface area contributed by atoms with E-state index in [-0.39, 0.29) is 11.4 Å². The molecule has 0 unspecified atom stereocenters. The van der Waals surface area contributed by atoms with E-state index in [1.165, 1.54) is 0 Å². The standard InChI is InChI=1S/C15H13N3O2/c1-9-3-2-4-10(14(9)19)8-16-11-5-6-12-13(7-11)18-15(20)17-12/h2-8,19H,1H3,(H2,17,18,20). The molecule has 0 bridgehead atoms. The number of phenolic OH excluding ortho intramolecular Hbond substituents is 1. The molecule has 3 N–H and O–H groups in total. The van der Waals surface area contributed by atoms with E-state index in [4.69, 9.17) is 0 Å². The molecule has 2 aromatic carbocycles. The van der Waals surface area contributed by atoms with Crippen LogP contribution in [0.1, 0.15) is 11.1 Å². The number of hydrogen-bond acceptors (Lipinski definition) is 3. The number of hydrogen-bond donors (Lipinski definition) is 3. The van der Waals surface area contributed by atoms with Gasteiger partial charge in [0.15, 0.2) is 0 Å². The fourth-order valence-corrected chi connectivity index (χ4v) is 2.03. The molecule has 0 aliphatic heterocycles. The van der Waals surface area contributed by atoms with Crippen molar-refractivity contribution in [3.8, 4) is 5.75 Å². The quantitative estimate of drug-likeness (QED) is 0.624. The van der Waals surface area contributed by atoms with Crippen LogP contribution >= 0.6 is 0 Å². The van der Waals surface area contributed by atoms with Crippen molar-refractivity contribution in [2.45, 2.75) is 6.92 Å². The Bertz CT molecular complexity index is 859. The summed E-state index contributed by atoms with van der Waals surface area (Å²) in [5.41, 5.74) is 3.38. The average molecular weight is 267 g/mol. The van der Waals surface area contributed by atoms with E-state index in [2.05, 4.69) is 15.0 Å². The number of nitrogens with one attached hydrogen (secondary N) is 2. The summed E-state index contributed by atoms with van der Waals surface area (Å²) in [5.74, 6) is 0.229. The first-order valence-corrected chi connectivity index (χ1v) is 6.18. The molecule has 5 nitrogen and oxygen atoms in total. The number of para-hydroxylation sites is 1. The maximum absolute atomic E-state index is 11.2.